The van der Waals surface area contributed by atoms with E-state index in [0.29, 0.717) is 25.7 Å². The first kappa shape index (κ1) is 91.1. The zero-order valence-electron chi connectivity index (χ0n) is 60.6. The van der Waals surface area contributed by atoms with E-state index in [1.807, 2.05) is 0 Å². The zero-order valence-corrected chi connectivity index (χ0v) is 62.3. The van der Waals surface area contributed by atoms with Crippen LogP contribution in [0.15, 0.2) is 0 Å². The fraction of sp³-hybridized carbons (Fsp3) is 0.946. The van der Waals surface area contributed by atoms with Crippen LogP contribution in [0.4, 0.5) is 0 Å². The molecule has 0 aromatic heterocycles. The second-order valence-electron chi connectivity index (χ2n) is 27.4. The van der Waals surface area contributed by atoms with Crippen LogP contribution in [0.5, 0.6) is 0 Å². The average molecular weight is 1370 g/mol. The number of carbonyl (C=O) groups excluding carboxylic acids is 4. The first-order valence-electron chi connectivity index (χ1n) is 38.5. The van der Waals surface area contributed by atoms with Gasteiger partial charge in [-0.2, -0.15) is 0 Å². The van der Waals surface area contributed by atoms with Gasteiger partial charge in [0.05, 0.1) is 26.4 Å². The van der Waals surface area contributed by atoms with Gasteiger partial charge in [0.1, 0.15) is 19.3 Å². The monoisotopic (exact) mass is 1370 g/mol. The second kappa shape index (κ2) is 66.0. The molecule has 0 saturated heterocycles. The van der Waals surface area contributed by atoms with Gasteiger partial charge in [-0.15, -0.1) is 0 Å². The van der Waals surface area contributed by atoms with Crippen molar-refractivity contribution in [3.63, 3.8) is 0 Å². The molecule has 6 atom stereocenters. The minimum Gasteiger partial charge on any atom is -0.462 e. The molecule has 0 heterocycles. The summed E-state index contributed by atoms with van der Waals surface area (Å²) in [7, 11) is -9.90. The van der Waals surface area contributed by atoms with Gasteiger partial charge in [-0.25, -0.2) is 9.13 Å². The number of carbonyl (C=O) groups is 4. The average Bonchev–Trinajstić information content (AvgIpc) is 2.29. The van der Waals surface area contributed by atoms with Crippen molar-refractivity contribution in [3.8, 4) is 0 Å². The van der Waals surface area contributed by atoms with E-state index in [1.54, 1.807) is 0 Å². The molecule has 0 aromatic rings. The third kappa shape index (κ3) is 67.0. The Balaban J connectivity index is 5.20. The molecule has 93 heavy (non-hydrogen) atoms. The van der Waals surface area contributed by atoms with Crippen LogP contribution in [0.3, 0.4) is 0 Å². The van der Waals surface area contributed by atoms with Gasteiger partial charge in [0.15, 0.2) is 12.2 Å². The van der Waals surface area contributed by atoms with Gasteiger partial charge >= 0.3 is 39.5 Å². The predicted molar refractivity (Wildman–Crippen MR) is 377 cm³/mol. The standard InChI is InChI=1S/C74H144O17P2/c1-7-10-12-14-16-18-19-20-21-22-25-28-31-34-38-45-51-57-72(77)85-62-69(90-73(78)58-52-46-39-35-32-29-26-23-24-27-30-33-36-42-48-54-66(4)5)64-88-92(80,81)86-60-68(75)61-87-93(82,83)89-65-70(63-84-71(76)56-50-44-37-17-15-13-11-8-2)91-74(79)59-53-47-41-40-43-49-55-67(6)9-3/h66-70,75H,7-65H2,1-6H3,(H,80,81)(H,82,83)/t67?,68-,69-,70-/m1/s1. The molecular formula is C74H144O17P2. The summed E-state index contributed by atoms with van der Waals surface area (Å²) >= 11 is 0. The Morgan fingerprint density at radius 1 is 0.312 bits per heavy atom. The van der Waals surface area contributed by atoms with Gasteiger partial charge in [-0.1, -0.05) is 330 Å². The van der Waals surface area contributed by atoms with Crippen molar-refractivity contribution in [2.24, 2.45) is 11.8 Å². The molecule has 0 fully saturated rings. The Bertz CT molecular complexity index is 1810. The minimum absolute atomic E-state index is 0.103. The molecule has 0 amide bonds. The molecule has 0 aliphatic heterocycles. The molecule has 17 nitrogen and oxygen atoms in total. The van der Waals surface area contributed by atoms with E-state index in [-0.39, 0.29) is 25.7 Å². The van der Waals surface area contributed by atoms with Gasteiger partial charge < -0.3 is 33.8 Å². The summed E-state index contributed by atoms with van der Waals surface area (Å²) in [5.41, 5.74) is 0. The number of hydrogen-bond donors (Lipinski definition) is 3. The van der Waals surface area contributed by atoms with Crippen LogP contribution in [0.25, 0.3) is 0 Å². The summed E-state index contributed by atoms with van der Waals surface area (Å²) in [4.78, 5) is 72.6. The highest BCUT2D eigenvalue weighted by Gasteiger charge is 2.30. The molecule has 0 aliphatic carbocycles. The fourth-order valence-corrected chi connectivity index (χ4v) is 12.8. The maximum Gasteiger partial charge on any atom is 0.472 e. The van der Waals surface area contributed by atoms with E-state index < -0.39 is 97.5 Å². The first-order valence-corrected chi connectivity index (χ1v) is 41.5. The van der Waals surface area contributed by atoms with E-state index in [0.717, 1.165) is 108 Å². The van der Waals surface area contributed by atoms with Crippen LogP contribution in [-0.4, -0.2) is 96.7 Å². The van der Waals surface area contributed by atoms with Crippen molar-refractivity contribution in [2.75, 3.05) is 39.6 Å². The number of ether oxygens (including phenoxy) is 4. The van der Waals surface area contributed by atoms with Crippen molar-refractivity contribution in [3.05, 3.63) is 0 Å². The van der Waals surface area contributed by atoms with Gasteiger partial charge in [0.25, 0.3) is 0 Å². The van der Waals surface area contributed by atoms with Gasteiger partial charge in [0, 0.05) is 25.7 Å². The van der Waals surface area contributed by atoms with E-state index in [9.17, 15) is 43.2 Å². The number of hydrogen-bond acceptors (Lipinski definition) is 15. The summed E-state index contributed by atoms with van der Waals surface area (Å²) in [6, 6.07) is 0. The summed E-state index contributed by atoms with van der Waals surface area (Å²) in [5, 5.41) is 10.6. The molecule has 0 spiro atoms. The maximum atomic E-state index is 13.1. The highest BCUT2D eigenvalue weighted by atomic mass is 31.2. The van der Waals surface area contributed by atoms with Crippen LogP contribution in [0, 0.1) is 11.8 Å². The van der Waals surface area contributed by atoms with Crippen molar-refractivity contribution in [1.82, 2.24) is 0 Å². The summed E-state index contributed by atoms with van der Waals surface area (Å²) < 4.78 is 68.3. The van der Waals surface area contributed by atoms with E-state index in [2.05, 4.69) is 41.5 Å². The molecule has 0 rings (SSSR count). The van der Waals surface area contributed by atoms with Crippen molar-refractivity contribution in [2.45, 2.75) is 400 Å². The number of aliphatic hydroxyl groups excluding tert-OH is 1. The van der Waals surface area contributed by atoms with E-state index in [1.165, 1.54) is 193 Å². The second-order valence-corrected chi connectivity index (χ2v) is 30.3. The highest BCUT2D eigenvalue weighted by Crippen LogP contribution is 2.45. The van der Waals surface area contributed by atoms with Crippen molar-refractivity contribution < 1.29 is 80.2 Å². The molecule has 3 N–H and O–H groups in total. The third-order valence-corrected chi connectivity index (χ3v) is 19.5. The lowest BCUT2D eigenvalue weighted by Gasteiger charge is -2.21. The smallest absolute Gasteiger partial charge is 0.462 e. The van der Waals surface area contributed by atoms with Crippen molar-refractivity contribution in [1.29, 1.82) is 0 Å². The molecular weight excluding hydrogens is 1220 g/mol. The first-order chi connectivity index (χ1) is 44.9. The molecule has 0 radical (unpaired) electrons. The number of unbranched alkanes of at least 4 members (excludes halogenated alkanes) is 42. The van der Waals surface area contributed by atoms with Gasteiger partial charge in [0.2, 0.25) is 0 Å². The van der Waals surface area contributed by atoms with Crippen LogP contribution in [0.1, 0.15) is 382 Å². The SMILES string of the molecule is CCCCCCCCCCCCCCCCCCCC(=O)OC[C@H](COP(=O)(O)OC[C@@H](O)COP(=O)(O)OC[C@@H](COC(=O)CCCCCCCCCC)OC(=O)CCCCCCCCC(C)CC)OC(=O)CCCCCCCCCCCCCCCCCC(C)C. The molecule has 0 saturated carbocycles. The van der Waals surface area contributed by atoms with Crippen LogP contribution >= 0.6 is 15.6 Å². The maximum absolute atomic E-state index is 13.1. The summed E-state index contributed by atoms with van der Waals surface area (Å²) in [6.45, 7) is 9.53. The quantitative estimate of drug-likeness (QED) is 0.0222. The van der Waals surface area contributed by atoms with Gasteiger partial charge in [-0.3, -0.25) is 37.3 Å². The van der Waals surface area contributed by atoms with Gasteiger partial charge in [-0.05, 0) is 37.5 Å². The topological polar surface area (TPSA) is 237 Å². The lowest BCUT2D eigenvalue weighted by atomic mass is 10.00. The number of phosphoric acid groups is 2. The lowest BCUT2D eigenvalue weighted by molar-refractivity contribution is -0.161. The Hall–Kier alpha value is -1.94. The largest absolute Gasteiger partial charge is 0.472 e. The Kier molecular flexibility index (Phi) is 64.6. The molecule has 0 aliphatic rings. The lowest BCUT2D eigenvalue weighted by Crippen LogP contribution is -2.30. The molecule has 0 bridgehead atoms. The summed E-state index contributed by atoms with van der Waals surface area (Å²) in [5.74, 6) is -0.600. The number of rotatable bonds is 73. The highest BCUT2D eigenvalue weighted by molar-refractivity contribution is 7.47. The Morgan fingerprint density at radius 3 is 0.817 bits per heavy atom. The third-order valence-electron chi connectivity index (χ3n) is 17.6. The number of phosphoric ester groups is 2. The predicted octanol–water partition coefficient (Wildman–Crippen LogP) is 21.6. The Labute approximate surface area is 568 Å². The fourth-order valence-electron chi connectivity index (χ4n) is 11.3. The van der Waals surface area contributed by atoms with Crippen LogP contribution in [-0.2, 0) is 65.4 Å². The van der Waals surface area contributed by atoms with Crippen LogP contribution in [0.2, 0.25) is 0 Å². The van der Waals surface area contributed by atoms with E-state index in [4.69, 9.17) is 37.0 Å². The molecule has 0 aromatic carbocycles. The molecule has 19 heteroatoms. The van der Waals surface area contributed by atoms with Crippen molar-refractivity contribution >= 4 is 39.5 Å². The Morgan fingerprint density at radius 2 is 0.548 bits per heavy atom. The number of aliphatic hydroxyl groups is 1. The molecule has 3 unspecified atom stereocenters. The minimum atomic E-state index is -4.96. The summed E-state index contributed by atoms with van der Waals surface area (Å²) in [6.07, 6.45) is 52.9. The van der Waals surface area contributed by atoms with E-state index >= 15 is 0 Å². The number of esters is 4. The molecule has 552 valence electrons. The normalized spacial score (nSPS) is 14.3. The zero-order chi connectivity index (χ0) is 68.6. The van der Waals surface area contributed by atoms with Crippen LogP contribution < -0.4 is 0 Å².